The number of benzene rings is 1. The topological polar surface area (TPSA) is 56.3 Å². The zero-order valence-electron chi connectivity index (χ0n) is 14.6. The van der Waals surface area contributed by atoms with Crippen LogP contribution in [-0.2, 0) is 17.7 Å². The molecular formula is C19H24N4O2. The van der Waals surface area contributed by atoms with Crippen LogP contribution in [0.5, 0.6) is 0 Å². The molecule has 1 saturated heterocycles. The van der Waals surface area contributed by atoms with Crippen molar-refractivity contribution in [2.75, 3.05) is 26.2 Å². The molecule has 0 unspecified atom stereocenters. The monoisotopic (exact) mass is 340 g/mol. The number of ether oxygens (including phenoxy) is 1. The predicted molar refractivity (Wildman–Crippen MR) is 95.5 cm³/mol. The van der Waals surface area contributed by atoms with E-state index in [2.05, 4.69) is 28.1 Å². The van der Waals surface area contributed by atoms with Crippen molar-refractivity contribution in [3.05, 3.63) is 48.1 Å². The summed E-state index contributed by atoms with van der Waals surface area (Å²) in [5, 5.41) is 4.35. The van der Waals surface area contributed by atoms with E-state index in [-0.39, 0.29) is 6.10 Å². The number of hydrogen-bond donors (Lipinski definition) is 0. The van der Waals surface area contributed by atoms with Gasteiger partial charge in [0.05, 0.1) is 25.5 Å². The van der Waals surface area contributed by atoms with Crippen LogP contribution in [0.2, 0.25) is 0 Å². The number of oxazole rings is 1. The summed E-state index contributed by atoms with van der Waals surface area (Å²) in [6.45, 7) is 6.64. The molecule has 25 heavy (non-hydrogen) atoms. The van der Waals surface area contributed by atoms with Gasteiger partial charge in [0, 0.05) is 25.7 Å². The summed E-state index contributed by atoms with van der Waals surface area (Å²) in [6.07, 6.45) is 6.07. The van der Waals surface area contributed by atoms with Gasteiger partial charge in [-0.15, -0.1) is 0 Å². The van der Waals surface area contributed by atoms with E-state index in [1.807, 2.05) is 35.1 Å². The van der Waals surface area contributed by atoms with Gasteiger partial charge in [0.25, 0.3) is 0 Å². The minimum absolute atomic E-state index is 0.206. The number of fused-ring (bicyclic) bond motifs is 1. The van der Waals surface area contributed by atoms with Gasteiger partial charge in [-0.2, -0.15) is 5.10 Å². The molecule has 0 bridgehead atoms. The third-order valence-electron chi connectivity index (χ3n) is 4.58. The molecule has 2 aromatic heterocycles. The van der Waals surface area contributed by atoms with Crippen LogP contribution in [0.25, 0.3) is 11.1 Å². The highest BCUT2D eigenvalue weighted by Crippen LogP contribution is 2.16. The van der Waals surface area contributed by atoms with Crippen LogP contribution >= 0.6 is 0 Å². The highest BCUT2D eigenvalue weighted by atomic mass is 16.5. The SMILES string of the molecule is Cc1cnn(C[C@@H]2CN(CCCc3nc4ccccc4o3)CCO2)c1. The van der Waals surface area contributed by atoms with Crippen molar-refractivity contribution in [1.82, 2.24) is 19.7 Å². The summed E-state index contributed by atoms with van der Waals surface area (Å²) in [4.78, 5) is 7.01. The molecule has 0 N–H and O–H groups in total. The van der Waals surface area contributed by atoms with Crippen molar-refractivity contribution >= 4 is 11.1 Å². The summed E-state index contributed by atoms with van der Waals surface area (Å²) in [5.74, 6) is 0.832. The molecule has 0 amide bonds. The molecule has 132 valence electrons. The Kier molecular flexibility index (Phi) is 4.81. The van der Waals surface area contributed by atoms with Gasteiger partial charge in [-0.1, -0.05) is 12.1 Å². The lowest BCUT2D eigenvalue weighted by atomic mass is 10.2. The van der Waals surface area contributed by atoms with Crippen LogP contribution in [0, 0.1) is 6.92 Å². The van der Waals surface area contributed by atoms with Crippen LogP contribution in [-0.4, -0.2) is 52.0 Å². The lowest BCUT2D eigenvalue weighted by Gasteiger charge is -2.32. The first-order valence-electron chi connectivity index (χ1n) is 8.94. The van der Waals surface area contributed by atoms with Gasteiger partial charge in [0.2, 0.25) is 0 Å². The van der Waals surface area contributed by atoms with Crippen LogP contribution < -0.4 is 0 Å². The van der Waals surface area contributed by atoms with E-state index >= 15 is 0 Å². The van der Waals surface area contributed by atoms with Gasteiger partial charge < -0.3 is 9.15 Å². The van der Waals surface area contributed by atoms with Gasteiger partial charge >= 0.3 is 0 Å². The Morgan fingerprint density at radius 1 is 1.28 bits per heavy atom. The van der Waals surface area contributed by atoms with E-state index in [4.69, 9.17) is 9.15 Å². The van der Waals surface area contributed by atoms with E-state index < -0.39 is 0 Å². The fourth-order valence-electron chi connectivity index (χ4n) is 3.35. The van der Waals surface area contributed by atoms with Crippen LogP contribution in [0.1, 0.15) is 17.9 Å². The molecule has 0 aliphatic carbocycles. The lowest BCUT2D eigenvalue weighted by Crippen LogP contribution is -2.44. The first kappa shape index (κ1) is 16.3. The highest BCUT2D eigenvalue weighted by molar-refractivity contribution is 5.72. The van der Waals surface area contributed by atoms with Crippen molar-refractivity contribution < 1.29 is 9.15 Å². The normalized spacial score (nSPS) is 18.8. The number of morpholine rings is 1. The lowest BCUT2D eigenvalue weighted by molar-refractivity contribution is -0.0377. The second-order valence-electron chi connectivity index (χ2n) is 6.71. The minimum atomic E-state index is 0.206. The van der Waals surface area contributed by atoms with Gasteiger partial charge in [0.15, 0.2) is 11.5 Å². The molecule has 6 heteroatoms. The second kappa shape index (κ2) is 7.37. The largest absolute Gasteiger partial charge is 0.441 e. The fourth-order valence-corrected chi connectivity index (χ4v) is 3.35. The third-order valence-corrected chi connectivity index (χ3v) is 4.58. The standard InChI is InChI=1S/C19H24N4O2/c1-15-11-20-23(12-15)14-16-13-22(9-10-24-16)8-4-7-19-21-17-5-2-3-6-18(17)25-19/h2-3,5-6,11-12,16H,4,7-10,13-14H2,1H3/t16-/m0/s1. The molecule has 1 aliphatic rings. The summed E-state index contributed by atoms with van der Waals surface area (Å²) >= 11 is 0. The molecule has 0 radical (unpaired) electrons. The Hall–Kier alpha value is -2.18. The first-order chi connectivity index (χ1) is 12.3. The molecule has 4 rings (SSSR count). The zero-order valence-corrected chi connectivity index (χ0v) is 14.6. The van der Waals surface area contributed by atoms with Gasteiger partial charge in [0.1, 0.15) is 5.52 Å². The Bertz CT molecular complexity index is 793. The molecule has 6 nitrogen and oxygen atoms in total. The Morgan fingerprint density at radius 3 is 3.04 bits per heavy atom. The van der Waals surface area contributed by atoms with E-state index in [9.17, 15) is 0 Å². The van der Waals surface area contributed by atoms with E-state index in [1.165, 1.54) is 5.56 Å². The number of para-hydroxylation sites is 2. The van der Waals surface area contributed by atoms with Gasteiger partial charge in [-0.25, -0.2) is 4.98 Å². The summed E-state index contributed by atoms with van der Waals surface area (Å²) in [7, 11) is 0. The summed E-state index contributed by atoms with van der Waals surface area (Å²) in [5.41, 5.74) is 3.00. The molecule has 1 aliphatic heterocycles. The maximum absolute atomic E-state index is 5.89. The number of aromatic nitrogens is 3. The van der Waals surface area contributed by atoms with Gasteiger partial charge in [-0.05, 0) is 37.6 Å². The van der Waals surface area contributed by atoms with E-state index in [0.717, 1.165) is 62.6 Å². The first-order valence-corrected chi connectivity index (χ1v) is 8.94. The average molecular weight is 340 g/mol. The maximum atomic E-state index is 5.89. The third kappa shape index (κ3) is 4.08. The van der Waals surface area contributed by atoms with Crippen molar-refractivity contribution in [3.8, 4) is 0 Å². The molecule has 3 heterocycles. The van der Waals surface area contributed by atoms with Crippen LogP contribution in [0.4, 0.5) is 0 Å². The molecule has 1 atom stereocenters. The Labute approximate surface area is 147 Å². The van der Waals surface area contributed by atoms with Gasteiger partial charge in [-0.3, -0.25) is 9.58 Å². The number of hydrogen-bond acceptors (Lipinski definition) is 5. The number of nitrogens with zero attached hydrogens (tertiary/aromatic N) is 4. The zero-order chi connectivity index (χ0) is 17.1. The molecule has 1 aromatic carbocycles. The van der Waals surface area contributed by atoms with E-state index in [0.29, 0.717) is 0 Å². The highest BCUT2D eigenvalue weighted by Gasteiger charge is 2.21. The van der Waals surface area contributed by atoms with Crippen molar-refractivity contribution in [3.63, 3.8) is 0 Å². The quantitative estimate of drug-likeness (QED) is 0.690. The number of rotatable bonds is 6. The van der Waals surface area contributed by atoms with Crippen molar-refractivity contribution in [2.24, 2.45) is 0 Å². The maximum Gasteiger partial charge on any atom is 0.195 e. The van der Waals surface area contributed by atoms with Crippen LogP contribution in [0.3, 0.4) is 0 Å². The molecule has 3 aromatic rings. The second-order valence-corrected chi connectivity index (χ2v) is 6.71. The molecule has 0 saturated carbocycles. The number of aryl methyl sites for hydroxylation is 2. The average Bonchev–Trinajstić information content (AvgIpc) is 3.21. The Morgan fingerprint density at radius 2 is 2.20 bits per heavy atom. The predicted octanol–water partition coefficient (Wildman–Crippen LogP) is 2.67. The van der Waals surface area contributed by atoms with Crippen molar-refractivity contribution in [1.29, 1.82) is 0 Å². The minimum Gasteiger partial charge on any atom is -0.441 e. The fraction of sp³-hybridized carbons (Fsp3) is 0.474. The summed E-state index contributed by atoms with van der Waals surface area (Å²) < 4.78 is 13.7. The van der Waals surface area contributed by atoms with Crippen molar-refractivity contribution in [2.45, 2.75) is 32.4 Å². The van der Waals surface area contributed by atoms with E-state index in [1.54, 1.807) is 0 Å². The molecule has 1 fully saturated rings. The Balaban J connectivity index is 1.26. The molecular weight excluding hydrogens is 316 g/mol. The smallest absolute Gasteiger partial charge is 0.195 e. The summed E-state index contributed by atoms with van der Waals surface area (Å²) in [6, 6.07) is 7.93. The molecule has 0 spiro atoms. The van der Waals surface area contributed by atoms with Crippen LogP contribution in [0.15, 0.2) is 41.1 Å².